The molecule has 1 aliphatic heterocycles. The molecule has 2 aromatic rings. The second-order valence-corrected chi connectivity index (χ2v) is 8.61. The predicted octanol–water partition coefficient (Wildman–Crippen LogP) is 3.88. The zero-order chi connectivity index (χ0) is 22.2. The lowest BCUT2D eigenvalue weighted by atomic mass is 9.84. The summed E-state index contributed by atoms with van der Waals surface area (Å²) in [6.45, 7) is 0.440. The lowest BCUT2D eigenvalue weighted by Gasteiger charge is -2.31. The summed E-state index contributed by atoms with van der Waals surface area (Å²) in [6.07, 6.45) is -0.414. The molecule has 0 radical (unpaired) electrons. The maximum atomic E-state index is 13.6. The summed E-state index contributed by atoms with van der Waals surface area (Å²) in [5, 5.41) is 3.84. The molecule has 5 nitrogen and oxygen atoms in total. The van der Waals surface area contributed by atoms with E-state index in [9.17, 15) is 22.4 Å². The van der Waals surface area contributed by atoms with Gasteiger partial charge in [0.1, 0.15) is 5.82 Å². The van der Waals surface area contributed by atoms with E-state index in [-0.39, 0.29) is 49.5 Å². The quantitative estimate of drug-likeness (QED) is 0.737. The molecule has 31 heavy (non-hydrogen) atoms. The van der Waals surface area contributed by atoms with Crippen LogP contribution >= 0.6 is 0 Å². The number of halogens is 4. The highest BCUT2D eigenvalue weighted by Gasteiger charge is 2.41. The van der Waals surface area contributed by atoms with Gasteiger partial charge in [0.2, 0.25) is 5.91 Å². The molecule has 1 aromatic carbocycles. The molecule has 2 heterocycles. The summed E-state index contributed by atoms with van der Waals surface area (Å²) >= 11 is 0. The monoisotopic (exact) mass is 438 g/mol. The first-order valence-corrected chi connectivity index (χ1v) is 10.6. The van der Waals surface area contributed by atoms with Crippen molar-refractivity contribution in [3.63, 3.8) is 0 Å². The van der Waals surface area contributed by atoms with Crippen LogP contribution in [0.1, 0.15) is 54.6 Å². The lowest BCUT2D eigenvalue weighted by Crippen LogP contribution is -2.38. The summed E-state index contributed by atoms with van der Waals surface area (Å²) in [5.41, 5.74) is 6.24. The van der Waals surface area contributed by atoms with Gasteiger partial charge in [0.15, 0.2) is 5.69 Å². The van der Waals surface area contributed by atoms with Crippen LogP contribution < -0.4 is 5.73 Å². The highest BCUT2D eigenvalue weighted by atomic mass is 19.4. The highest BCUT2D eigenvalue weighted by Crippen LogP contribution is 2.36. The molecule has 0 bridgehead atoms. The number of nitrogens with two attached hydrogens (primary N) is 1. The molecule has 168 valence electrons. The maximum absolute atomic E-state index is 13.6. The molecule has 1 amide bonds. The average Bonchev–Trinajstić information content (AvgIpc) is 3.09. The van der Waals surface area contributed by atoms with Gasteiger partial charge in [-0.05, 0) is 55.7 Å². The molecule has 0 saturated heterocycles. The number of benzene rings is 1. The van der Waals surface area contributed by atoms with Crippen LogP contribution in [0.25, 0.3) is 0 Å². The standard InChI is InChI=1S/C22H26F4N4O/c23-16-5-1-15(2-6-16)12-30-19-13-29(10-9-18(19)21(28-30)22(24,25)26)20(31)11-14-3-7-17(27)8-4-14/h1-2,5-6,14,17H,3-4,7-13,27H2. The number of carbonyl (C=O) groups is 1. The Morgan fingerprint density at radius 1 is 1.13 bits per heavy atom. The van der Waals surface area contributed by atoms with E-state index in [0.29, 0.717) is 17.7 Å². The van der Waals surface area contributed by atoms with Crippen LogP contribution in [0.4, 0.5) is 17.6 Å². The zero-order valence-corrected chi connectivity index (χ0v) is 17.2. The number of nitrogens with zero attached hydrogens (tertiary/aromatic N) is 3. The molecule has 2 N–H and O–H groups in total. The molecule has 9 heteroatoms. The van der Waals surface area contributed by atoms with Crippen LogP contribution in [-0.2, 0) is 30.5 Å². The molecular formula is C22H26F4N4O. The van der Waals surface area contributed by atoms with E-state index in [4.69, 9.17) is 5.73 Å². The summed E-state index contributed by atoms with van der Waals surface area (Å²) in [4.78, 5) is 14.5. The molecule has 1 aliphatic carbocycles. The fourth-order valence-corrected chi connectivity index (χ4v) is 4.58. The first kappa shape index (κ1) is 21.8. The van der Waals surface area contributed by atoms with Gasteiger partial charge in [-0.15, -0.1) is 0 Å². The van der Waals surface area contributed by atoms with Gasteiger partial charge >= 0.3 is 6.18 Å². The SMILES string of the molecule is NC1CCC(CC(=O)N2CCc3c(C(F)(F)F)nn(Cc4ccc(F)cc4)c3C2)CC1. The summed E-state index contributed by atoms with van der Waals surface area (Å²) < 4.78 is 55.2. The van der Waals surface area contributed by atoms with Crippen LogP contribution in [0.15, 0.2) is 24.3 Å². The maximum Gasteiger partial charge on any atom is 0.435 e. The van der Waals surface area contributed by atoms with Gasteiger partial charge in [-0.1, -0.05) is 12.1 Å². The first-order chi connectivity index (χ1) is 14.7. The third-order valence-electron chi connectivity index (χ3n) is 6.36. The van der Waals surface area contributed by atoms with Gasteiger partial charge < -0.3 is 10.6 Å². The van der Waals surface area contributed by atoms with Gasteiger partial charge in [0, 0.05) is 24.6 Å². The number of hydrogen-bond donors (Lipinski definition) is 1. The van der Waals surface area contributed by atoms with Crippen LogP contribution in [0.2, 0.25) is 0 Å². The average molecular weight is 438 g/mol. The van der Waals surface area contributed by atoms with Gasteiger partial charge in [-0.25, -0.2) is 4.39 Å². The number of carbonyl (C=O) groups excluding carboxylic acids is 1. The number of aromatic nitrogens is 2. The summed E-state index contributed by atoms with van der Waals surface area (Å²) in [7, 11) is 0. The second kappa shape index (κ2) is 8.61. The Hall–Kier alpha value is -2.42. The van der Waals surface area contributed by atoms with Crippen molar-refractivity contribution < 1.29 is 22.4 Å². The fraction of sp³-hybridized carbons (Fsp3) is 0.545. The third kappa shape index (κ3) is 4.92. The first-order valence-electron chi connectivity index (χ1n) is 10.6. The highest BCUT2D eigenvalue weighted by molar-refractivity contribution is 5.76. The van der Waals surface area contributed by atoms with Gasteiger partial charge in [-0.2, -0.15) is 18.3 Å². The van der Waals surface area contributed by atoms with E-state index in [1.165, 1.54) is 28.9 Å². The Balaban J connectivity index is 1.54. The van der Waals surface area contributed by atoms with Gasteiger partial charge in [0.25, 0.3) is 0 Å². The van der Waals surface area contributed by atoms with Crippen molar-refractivity contribution in [1.82, 2.24) is 14.7 Å². The number of alkyl halides is 3. The predicted molar refractivity (Wildman–Crippen MR) is 106 cm³/mol. The molecule has 0 unspecified atom stereocenters. The Bertz CT molecular complexity index is 930. The molecule has 0 atom stereocenters. The summed E-state index contributed by atoms with van der Waals surface area (Å²) in [6, 6.07) is 5.78. The van der Waals surface area contributed by atoms with Crippen molar-refractivity contribution in [3.05, 3.63) is 52.6 Å². The normalized spacial score (nSPS) is 21.8. The lowest BCUT2D eigenvalue weighted by molar-refractivity contribution is -0.142. The van der Waals surface area contributed by atoms with Gasteiger partial charge in [-0.3, -0.25) is 9.48 Å². The number of rotatable bonds is 4. The molecule has 0 spiro atoms. The van der Waals surface area contributed by atoms with E-state index in [1.54, 1.807) is 4.90 Å². The smallest absolute Gasteiger partial charge is 0.336 e. The minimum absolute atomic E-state index is 0.0331. The Morgan fingerprint density at radius 3 is 2.45 bits per heavy atom. The number of amides is 1. The number of fused-ring (bicyclic) bond motifs is 1. The molecular weight excluding hydrogens is 412 g/mol. The third-order valence-corrected chi connectivity index (χ3v) is 6.36. The van der Waals surface area contributed by atoms with Crippen LogP contribution in [0, 0.1) is 11.7 Å². The Labute approximate surface area is 178 Å². The van der Waals surface area contributed by atoms with Crippen molar-refractivity contribution in [2.24, 2.45) is 11.7 Å². The van der Waals surface area contributed by atoms with Gasteiger partial charge in [0.05, 0.1) is 18.8 Å². The van der Waals surface area contributed by atoms with Crippen molar-refractivity contribution in [2.75, 3.05) is 6.54 Å². The molecule has 1 aromatic heterocycles. The Morgan fingerprint density at radius 2 is 1.81 bits per heavy atom. The van der Waals surface area contributed by atoms with E-state index >= 15 is 0 Å². The molecule has 1 saturated carbocycles. The van der Waals surface area contributed by atoms with Crippen molar-refractivity contribution in [1.29, 1.82) is 0 Å². The van der Waals surface area contributed by atoms with Crippen LogP contribution in [-0.4, -0.2) is 33.2 Å². The Kier molecular flexibility index (Phi) is 6.05. The van der Waals surface area contributed by atoms with Crippen LogP contribution in [0.5, 0.6) is 0 Å². The molecule has 4 rings (SSSR count). The van der Waals surface area contributed by atoms with Crippen molar-refractivity contribution in [2.45, 2.75) is 63.8 Å². The van der Waals surface area contributed by atoms with Crippen molar-refractivity contribution in [3.8, 4) is 0 Å². The van der Waals surface area contributed by atoms with Crippen LogP contribution in [0.3, 0.4) is 0 Å². The topological polar surface area (TPSA) is 64.2 Å². The fourth-order valence-electron chi connectivity index (χ4n) is 4.58. The molecule has 1 fully saturated rings. The largest absolute Gasteiger partial charge is 0.435 e. The minimum atomic E-state index is -4.56. The summed E-state index contributed by atoms with van der Waals surface area (Å²) in [5.74, 6) is -0.166. The second-order valence-electron chi connectivity index (χ2n) is 8.61. The van der Waals surface area contributed by atoms with E-state index in [0.717, 1.165) is 25.7 Å². The van der Waals surface area contributed by atoms with E-state index in [2.05, 4.69) is 5.10 Å². The molecule has 2 aliphatic rings. The van der Waals surface area contributed by atoms with Crippen molar-refractivity contribution >= 4 is 5.91 Å². The van der Waals surface area contributed by atoms with E-state index < -0.39 is 17.7 Å². The number of hydrogen-bond acceptors (Lipinski definition) is 3. The zero-order valence-electron chi connectivity index (χ0n) is 17.2. The minimum Gasteiger partial charge on any atom is -0.336 e. The van der Waals surface area contributed by atoms with E-state index in [1.807, 2.05) is 0 Å².